The summed E-state index contributed by atoms with van der Waals surface area (Å²) in [5.41, 5.74) is 0.987. The van der Waals surface area contributed by atoms with Gasteiger partial charge in [0, 0.05) is 31.7 Å². The first kappa shape index (κ1) is 28.0. The molecule has 0 saturated carbocycles. The quantitative estimate of drug-likeness (QED) is 0.309. The number of methoxy groups -OCH3 is 2. The normalized spacial score (nSPS) is 15.4. The van der Waals surface area contributed by atoms with Crippen molar-refractivity contribution in [3.8, 4) is 11.5 Å². The second-order valence-corrected chi connectivity index (χ2v) is 11.7. The van der Waals surface area contributed by atoms with Crippen LogP contribution in [-0.4, -0.2) is 70.6 Å². The van der Waals surface area contributed by atoms with Gasteiger partial charge in [-0.3, -0.25) is 4.79 Å². The van der Waals surface area contributed by atoms with Gasteiger partial charge >= 0.3 is 0 Å². The largest absolute Gasteiger partial charge is 0.497 e. The molecule has 4 rings (SSSR count). The summed E-state index contributed by atoms with van der Waals surface area (Å²) in [6.07, 6.45) is 1.12. The maximum absolute atomic E-state index is 13.7. The lowest BCUT2D eigenvalue weighted by Crippen LogP contribution is -2.48. The molecule has 1 amide bonds. The Bertz CT molecular complexity index is 1310. The number of halogens is 1. The number of sulfonamides is 1. The van der Waals surface area contributed by atoms with Crippen molar-refractivity contribution in [3.05, 3.63) is 76.2 Å². The van der Waals surface area contributed by atoms with Crippen LogP contribution < -0.4 is 9.47 Å². The molecule has 2 aromatic carbocycles. The number of fused-ring (bicyclic) bond motifs is 1. The van der Waals surface area contributed by atoms with Gasteiger partial charge in [0.2, 0.25) is 15.9 Å². The fraction of sp³-hybridized carbons (Fsp3) is 0.370. The molecule has 1 atom stereocenters. The number of thiophene rings is 1. The number of carbonyl (C=O) groups excluding carboxylic acids is 1. The van der Waals surface area contributed by atoms with Gasteiger partial charge in [0.25, 0.3) is 0 Å². The van der Waals surface area contributed by atoms with E-state index in [0.717, 1.165) is 5.56 Å². The molecule has 2 heterocycles. The predicted octanol–water partition coefficient (Wildman–Crippen LogP) is 4.13. The SMILES string of the molecule is COCCCN(CC(=O)N1CCc2sccc2[C@H]1COc1ccc(F)cc1)S(=O)(=O)c1ccc(OC)cc1. The summed E-state index contributed by atoms with van der Waals surface area (Å²) in [4.78, 5) is 16.6. The maximum atomic E-state index is 13.7. The lowest BCUT2D eigenvalue weighted by atomic mass is 10.0. The van der Waals surface area contributed by atoms with Crippen LogP contribution in [0.25, 0.3) is 0 Å². The van der Waals surface area contributed by atoms with Crippen LogP contribution in [0.3, 0.4) is 0 Å². The molecule has 0 fully saturated rings. The summed E-state index contributed by atoms with van der Waals surface area (Å²) in [5.74, 6) is 0.349. The fourth-order valence-electron chi connectivity index (χ4n) is 4.39. The first-order chi connectivity index (χ1) is 18.3. The van der Waals surface area contributed by atoms with Crippen molar-refractivity contribution in [1.82, 2.24) is 9.21 Å². The van der Waals surface area contributed by atoms with Crippen molar-refractivity contribution in [1.29, 1.82) is 0 Å². The Morgan fingerprint density at radius 3 is 2.47 bits per heavy atom. The third-order valence-corrected chi connectivity index (χ3v) is 9.26. The number of hydrogen-bond acceptors (Lipinski definition) is 7. The Morgan fingerprint density at radius 1 is 1.08 bits per heavy atom. The van der Waals surface area contributed by atoms with Crippen molar-refractivity contribution in [2.75, 3.05) is 47.1 Å². The molecule has 0 radical (unpaired) electrons. The minimum absolute atomic E-state index is 0.0819. The number of hydrogen-bond donors (Lipinski definition) is 0. The van der Waals surface area contributed by atoms with E-state index >= 15 is 0 Å². The highest BCUT2D eigenvalue weighted by Gasteiger charge is 2.35. The van der Waals surface area contributed by atoms with Gasteiger partial charge < -0.3 is 19.1 Å². The zero-order valence-electron chi connectivity index (χ0n) is 21.3. The van der Waals surface area contributed by atoms with Crippen LogP contribution in [0.1, 0.15) is 22.9 Å². The number of carbonyl (C=O) groups is 1. The molecule has 0 saturated heterocycles. The Kier molecular flexibility index (Phi) is 9.37. The zero-order chi connectivity index (χ0) is 27.1. The standard InChI is InChI=1S/C27H31FN2O6S2/c1-34-16-3-14-29(38(32,33)23-10-8-21(35-2)9-11-23)18-27(31)30-15-12-26-24(13-17-37-26)25(30)19-36-22-6-4-20(28)5-7-22/h4-11,13,17,25H,3,12,14-16,18-19H2,1-2H3/t25-/m1/s1. The van der Waals surface area contributed by atoms with E-state index in [-0.39, 0.29) is 36.3 Å². The molecule has 0 spiro atoms. The summed E-state index contributed by atoms with van der Waals surface area (Å²) < 4.78 is 57.8. The maximum Gasteiger partial charge on any atom is 0.243 e. The number of rotatable bonds is 12. The van der Waals surface area contributed by atoms with Gasteiger partial charge in [-0.2, -0.15) is 4.31 Å². The van der Waals surface area contributed by atoms with E-state index in [1.54, 1.807) is 35.5 Å². The Hall–Kier alpha value is -2.99. The summed E-state index contributed by atoms with van der Waals surface area (Å²) in [6, 6.07) is 13.4. The average Bonchev–Trinajstić information content (AvgIpc) is 3.41. The lowest BCUT2D eigenvalue weighted by Gasteiger charge is -2.37. The minimum atomic E-state index is -3.96. The molecular formula is C27H31FN2O6S2. The molecule has 1 aliphatic heterocycles. The topological polar surface area (TPSA) is 85.4 Å². The lowest BCUT2D eigenvalue weighted by molar-refractivity contribution is -0.135. The van der Waals surface area contributed by atoms with Crippen molar-refractivity contribution in [2.45, 2.75) is 23.8 Å². The fourth-order valence-corrected chi connectivity index (χ4v) is 6.74. The van der Waals surface area contributed by atoms with Gasteiger partial charge in [-0.05, 0) is 78.4 Å². The molecule has 1 aliphatic rings. The highest BCUT2D eigenvalue weighted by Crippen LogP contribution is 2.34. The van der Waals surface area contributed by atoms with Gasteiger partial charge in [-0.15, -0.1) is 11.3 Å². The average molecular weight is 563 g/mol. The van der Waals surface area contributed by atoms with Gasteiger partial charge in [0.05, 0.1) is 24.6 Å². The van der Waals surface area contributed by atoms with Crippen LogP contribution in [0.15, 0.2) is 64.9 Å². The van der Waals surface area contributed by atoms with E-state index in [0.29, 0.717) is 37.5 Å². The van der Waals surface area contributed by atoms with Crippen molar-refractivity contribution < 1.29 is 31.8 Å². The summed E-state index contributed by atoms with van der Waals surface area (Å²) >= 11 is 1.62. The number of benzene rings is 2. The second-order valence-electron chi connectivity index (χ2n) is 8.78. The van der Waals surface area contributed by atoms with E-state index in [2.05, 4.69) is 0 Å². The Morgan fingerprint density at radius 2 is 1.79 bits per heavy atom. The molecule has 204 valence electrons. The van der Waals surface area contributed by atoms with Gasteiger partial charge in [0.15, 0.2) is 0 Å². The van der Waals surface area contributed by atoms with E-state index in [1.165, 1.54) is 52.7 Å². The summed E-state index contributed by atoms with van der Waals surface area (Å²) in [6.45, 7) is 0.778. The number of ether oxygens (including phenoxy) is 3. The molecule has 1 aromatic heterocycles. The van der Waals surface area contributed by atoms with Crippen molar-refractivity contribution >= 4 is 27.3 Å². The smallest absolute Gasteiger partial charge is 0.243 e. The molecule has 0 bridgehead atoms. The molecule has 11 heteroatoms. The van der Waals surface area contributed by atoms with Crippen molar-refractivity contribution in [3.63, 3.8) is 0 Å². The molecular weight excluding hydrogens is 531 g/mol. The summed E-state index contributed by atoms with van der Waals surface area (Å²) in [5, 5.41) is 1.98. The van der Waals surface area contributed by atoms with E-state index in [9.17, 15) is 17.6 Å². The zero-order valence-corrected chi connectivity index (χ0v) is 23.0. The third-order valence-electron chi connectivity index (χ3n) is 6.40. The molecule has 0 N–H and O–H groups in total. The second kappa shape index (κ2) is 12.7. The third kappa shape index (κ3) is 6.52. The van der Waals surface area contributed by atoms with Gasteiger partial charge in [-0.1, -0.05) is 0 Å². The number of amides is 1. The summed E-state index contributed by atoms with van der Waals surface area (Å²) in [7, 11) is -0.903. The first-order valence-corrected chi connectivity index (χ1v) is 14.5. The number of nitrogens with zero attached hydrogens (tertiary/aromatic N) is 2. The van der Waals surface area contributed by atoms with Crippen LogP contribution in [0.5, 0.6) is 11.5 Å². The highest BCUT2D eigenvalue weighted by atomic mass is 32.2. The van der Waals surface area contributed by atoms with E-state index in [4.69, 9.17) is 14.2 Å². The molecule has 3 aromatic rings. The molecule has 38 heavy (non-hydrogen) atoms. The minimum Gasteiger partial charge on any atom is -0.497 e. The van der Waals surface area contributed by atoms with E-state index in [1.807, 2.05) is 11.4 Å². The van der Waals surface area contributed by atoms with Crippen LogP contribution in [0.4, 0.5) is 4.39 Å². The van der Waals surface area contributed by atoms with Crippen LogP contribution in [-0.2, 0) is 26.0 Å². The van der Waals surface area contributed by atoms with Crippen molar-refractivity contribution in [2.24, 2.45) is 0 Å². The highest BCUT2D eigenvalue weighted by molar-refractivity contribution is 7.89. The van der Waals surface area contributed by atoms with Gasteiger partial charge in [-0.25, -0.2) is 12.8 Å². The van der Waals surface area contributed by atoms with E-state index < -0.39 is 16.1 Å². The molecule has 0 unspecified atom stereocenters. The van der Waals surface area contributed by atoms with Gasteiger partial charge in [0.1, 0.15) is 23.9 Å². The Labute approximate surface area is 226 Å². The van der Waals surface area contributed by atoms with Crippen LogP contribution in [0.2, 0.25) is 0 Å². The monoisotopic (exact) mass is 562 g/mol. The molecule has 0 aliphatic carbocycles. The molecule has 8 nitrogen and oxygen atoms in total. The van der Waals surface area contributed by atoms with Crippen LogP contribution in [0, 0.1) is 5.82 Å². The Balaban J connectivity index is 1.55. The van der Waals surface area contributed by atoms with Crippen LogP contribution >= 0.6 is 11.3 Å². The predicted molar refractivity (Wildman–Crippen MR) is 143 cm³/mol. The first-order valence-electron chi connectivity index (χ1n) is 12.2.